The number of halogens is 1. The molecule has 0 saturated carbocycles. The molecule has 0 fully saturated rings. The van der Waals surface area contributed by atoms with E-state index in [9.17, 15) is 4.79 Å². The van der Waals surface area contributed by atoms with Gasteiger partial charge in [0.25, 0.3) is 0 Å². The van der Waals surface area contributed by atoms with Gasteiger partial charge >= 0.3 is 0 Å². The molecule has 2 aromatic carbocycles. The summed E-state index contributed by atoms with van der Waals surface area (Å²) < 4.78 is 0.796. The van der Waals surface area contributed by atoms with Gasteiger partial charge in [0.05, 0.1) is 5.69 Å². The first-order valence-corrected chi connectivity index (χ1v) is 8.34. The minimum Gasteiger partial charge on any atom is -0.289 e. The van der Waals surface area contributed by atoms with E-state index in [2.05, 4.69) is 26.2 Å². The predicted molar refractivity (Wildman–Crippen MR) is 93.4 cm³/mol. The molecule has 22 heavy (non-hydrogen) atoms. The van der Waals surface area contributed by atoms with E-state index >= 15 is 0 Å². The van der Waals surface area contributed by atoms with Crippen LogP contribution >= 0.6 is 27.7 Å². The summed E-state index contributed by atoms with van der Waals surface area (Å²) in [5.74, 6) is -0.113. The predicted octanol–water partition coefficient (Wildman–Crippen LogP) is 4.10. The van der Waals surface area contributed by atoms with Crippen LogP contribution in [0.2, 0.25) is 0 Å². The lowest BCUT2D eigenvalue weighted by atomic mass is 10.0. The smallest absolute Gasteiger partial charge is 0.195 e. The lowest BCUT2D eigenvalue weighted by Gasteiger charge is -2.07. The Kier molecular flexibility index (Phi) is 5.75. The van der Waals surface area contributed by atoms with Gasteiger partial charge < -0.3 is 0 Å². The third-order valence-corrected chi connectivity index (χ3v) is 3.89. The van der Waals surface area contributed by atoms with Gasteiger partial charge in [0.15, 0.2) is 17.1 Å². The van der Waals surface area contributed by atoms with Crippen LogP contribution in [0.3, 0.4) is 0 Å². The summed E-state index contributed by atoms with van der Waals surface area (Å²) >= 11 is 4.68. The number of hydrogen-bond acceptors (Lipinski definition) is 4. The first-order chi connectivity index (χ1) is 10.7. The van der Waals surface area contributed by atoms with Gasteiger partial charge in [-0.3, -0.25) is 10.1 Å². The topological polar surface area (TPSA) is 65.2 Å². The van der Waals surface area contributed by atoms with Gasteiger partial charge in [-0.2, -0.15) is 5.26 Å². The third kappa shape index (κ3) is 3.97. The Morgan fingerprint density at radius 3 is 2.64 bits per heavy atom. The van der Waals surface area contributed by atoms with Gasteiger partial charge in [0.2, 0.25) is 0 Å². The summed E-state index contributed by atoms with van der Waals surface area (Å²) in [7, 11) is 0. The molecule has 110 valence electrons. The number of nitrogens with one attached hydrogen (secondary N) is 1. The molecule has 1 N–H and O–H groups in total. The molecule has 0 unspecified atom stereocenters. The SMILES string of the molecule is CSC(=Nc1ccc(Br)cc1C(=O)c1ccccc1)NC#N. The lowest BCUT2D eigenvalue weighted by Crippen LogP contribution is -2.13. The molecule has 0 aliphatic heterocycles. The van der Waals surface area contributed by atoms with Crippen molar-refractivity contribution < 1.29 is 4.79 Å². The van der Waals surface area contributed by atoms with Crippen LogP contribution in [0.25, 0.3) is 0 Å². The highest BCUT2D eigenvalue weighted by molar-refractivity contribution is 9.10. The van der Waals surface area contributed by atoms with Gasteiger partial charge in [-0.05, 0) is 24.5 Å². The third-order valence-electron chi connectivity index (χ3n) is 2.82. The first kappa shape index (κ1) is 16.3. The molecule has 0 spiro atoms. The summed E-state index contributed by atoms with van der Waals surface area (Å²) in [6, 6.07) is 14.3. The number of thioether (sulfide) groups is 1. The number of nitriles is 1. The molecular weight excluding hydrogens is 362 g/mol. The highest BCUT2D eigenvalue weighted by atomic mass is 79.9. The van der Waals surface area contributed by atoms with Crippen molar-refractivity contribution in [3.63, 3.8) is 0 Å². The molecule has 4 nitrogen and oxygen atoms in total. The zero-order chi connectivity index (χ0) is 15.9. The molecule has 0 heterocycles. The molecule has 0 aromatic heterocycles. The monoisotopic (exact) mass is 373 g/mol. The molecule has 0 aliphatic rings. The Morgan fingerprint density at radius 2 is 2.00 bits per heavy atom. The van der Waals surface area contributed by atoms with E-state index in [1.165, 1.54) is 11.8 Å². The Balaban J connectivity index is 2.49. The van der Waals surface area contributed by atoms with Crippen molar-refractivity contribution in [2.75, 3.05) is 6.26 Å². The highest BCUT2D eigenvalue weighted by Crippen LogP contribution is 2.27. The second-order valence-corrected chi connectivity index (χ2v) is 5.93. The van der Waals surface area contributed by atoms with Gasteiger partial charge in [-0.1, -0.05) is 58.0 Å². The van der Waals surface area contributed by atoms with Crippen LogP contribution in [0, 0.1) is 11.5 Å². The van der Waals surface area contributed by atoms with Crippen LogP contribution in [0.5, 0.6) is 0 Å². The average molecular weight is 374 g/mol. The Bertz CT molecular complexity index is 754. The number of aliphatic imine (C=N–C) groups is 1. The van der Waals surface area contributed by atoms with E-state index in [4.69, 9.17) is 5.26 Å². The maximum Gasteiger partial charge on any atom is 0.195 e. The van der Waals surface area contributed by atoms with Crippen molar-refractivity contribution in [1.29, 1.82) is 5.26 Å². The normalized spacial score (nSPS) is 10.9. The molecule has 2 rings (SSSR count). The summed E-state index contributed by atoms with van der Waals surface area (Å²) in [6.45, 7) is 0. The zero-order valence-electron chi connectivity index (χ0n) is 11.7. The standard InChI is InChI=1S/C16H12BrN3OS/c1-22-16(19-10-18)20-14-8-7-12(17)9-13(14)15(21)11-5-3-2-4-6-11/h2-9H,1H3,(H,19,20). The van der Waals surface area contributed by atoms with E-state index in [1.807, 2.05) is 30.5 Å². The Labute approximate surface area is 141 Å². The van der Waals surface area contributed by atoms with Gasteiger partial charge in [-0.25, -0.2) is 4.99 Å². The first-order valence-electron chi connectivity index (χ1n) is 6.33. The molecule has 6 heteroatoms. The molecule has 0 aliphatic carbocycles. The fourth-order valence-corrected chi connectivity index (χ4v) is 2.51. The number of hydrogen-bond donors (Lipinski definition) is 1. The van der Waals surface area contributed by atoms with Crippen molar-refractivity contribution in [2.45, 2.75) is 0 Å². The summed E-state index contributed by atoms with van der Waals surface area (Å²) in [6.07, 6.45) is 3.64. The molecule has 2 aromatic rings. The number of ketones is 1. The van der Waals surface area contributed by atoms with Crippen LogP contribution in [0.4, 0.5) is 5.69 Å². The highest BCUT2D eigenvalue weighted by Gasteiger charge is 2.14. The second-order valence-electron chi connectivity index (χ2n) is 4.21. The number of nitrogens with zero attached hydrogens (tertiary/aromatic N) is 2. The van der Waals surface area contributed by atoms with Crippen LogP contribution in [-0.2, 0) is 0 Å². The fraction of sp³-hybridized carbons (Fsp3) is 0.0625. The largest absolute Gasteiger partial charge is 0.289 e. The van der Waals surface area contributed by atoms with Crippen molar-refractivity contribution >= 4 is 44.3 Å². The zero-order valence-corrected chi connectivity index (χ0v) is 14.1. The van der Waals surface area contributed by atoms with Gasteiger partial charge in [0.1, 0.15) is 0 Å². The maximum absolute atomic E-state index is 12.7. The molecule has 0 atom stereocenters. The van der Waals surface area contributed by atoms with Gasteiger partial charge in [-0.15, -0.1) is 0 Å². The second kappa shape index (κ2) is 7.78. The quantitative estimate of drug-likeness (QED) is 0.289. The summed E-state index contributed by atoms with van der Waals surface area (Å²) in [4.78, 5) is 17.0. The number of carbonyl (C=O) groups excluding carboxylic acids is 1. The summed E-state index contributed by atoms with van der Waals surface area (Å²) in [5.41, 5.74) is 1.59. The maximum atomic E-state index is 12.7. The lowest BCUT2D eigenvalue weighted by molar-refractivity contribution is 0.103. The Hall–Kier alpha value is -2.10. The van der Waals surface area contributed by atoms with Crippen LogP contribution in [0.15, 0.2) is 58.0 Å². The van der Waals surface area contributed by atoms with Crippen molar-refractivity contribution in [3.05, 3.63) is 64.1 Å². The number of carbonyl (C=O) groups is 1. The van der Waals surface area contributed by atoms with Gasteiger partial charge in [0, 0.05) is 15.6 Å². The van der Waals surface area contributed by atoms with Crippen LogP contribution in [-0.4, -0.2) is 17.2 Å². The number of benzene rings is 2. The fourth-order valence-electron chi connectivity index (χ4n) is 1.81. The van der Waals surface area contributed by atoms with E-state index in [0.717, 1.165) is 4.47 Å². The Morgan fingerprint density at radius 1 is 1.27 bits per heavy atom. The van der Waals surface area contributed by atoms with Crippen molar-refractivity contribution in [1.82, 2.24) is 5.32 Å². The van der Waals surface area contributed by atoms with Crippen LogP contribution in [0.1, 0.15) is 15.9 Å². The number of amidine groups is 1. The summed E-state index contributed by atoms with van der Waals surface area (Å²) in [5, 5.41) is 11.7. The molecule has 0 saturated heterocycles. The number of rotatable bonds is 3. The van der Waals surface area contributed by atoms with Crippen molar-refractivity contribution in [2.24, 2.45) is 4.99 Å². The molecular formula is C16H12BrN3OS. The van der Waals surface area contributed by atoms with E-state index in [0.29, 0.717) is 22.0 Å². The van der Waals surface area contributed by atoms with E-state index in [1.54, 1.807) is 30.5 Å². The molecule has 0 amide bonds. The molecule has 0 bridgehead atoms. The average Bonchev–Trinajstić information content (AvgIpc) is 2.56. The van der Waals surface area contributed by atoms with Crippen LogP contribution < -0.4 is 5.32 Å². The van der Waals surface area contributed by atoms with E-state index in [-0.39, 0.29) is 5.78 Å². The minimum atomic E-state index is -0.113. The van der Waals surface area contributed by atoms with E-state index < -0.39 is 0 Å². The van der Waals surface area contributed by atoms with Crippen molar-refractivity contribution in [3.8, 4) is 6.19 Å². The minimum absolute atomic E-state index is 0.113. The molecule has 0 radical (unpaired) electrons.